The van der Waals surface area contributed by atoms with Crippen LogP contribution in [0.5, 0.6) is 0 Å². The predicted octanol–water partition coefficient (Wildman–Crippen LogP) is 4.74. The van der Waals surface area contributed by atoms with Crippen molar-refractivity contribution in [2.24, 2.45) is 0 Å². The zero-order valence-corrected chi connectivity index (χ0v) is 14.6. The van der Waals surface area contributed by atoms with Crippen LogP contribution in [0.1, 0.15) is 10.4 Å². The van der Waals surface area contributed by atoms with Crippen molar-refractivity contribution in [2.75, 3.05) is 5.32 Å². The van der Waals surface area contributed by atoms with Crippen molar-refractivity contribution < 1.29 is 9.36 Å². The highest BCUT2D eigenvalue weighted by molar-refractivity contribution is 9.10. The van der Waals surface area contributed by atoms with Gasteiger partial charge in [-0.3, -0.25) is 9.36 Å². The van der Waals surface area contributed by atoms with E-state index in [1.165, 1.54) is 0 Å². The van der Waals surface area contributed by atoms with Crippen molar-refractivity contribution in [1.82, 2.24) is 0 Å². The van der Waals surface area contributed by atoms with Gasteiger partial charge in [-0.2, -0.15) is 0 Å². The molecule has 0 radical (unpaired) electrons. The van der Waals surface area contributed by atoms with Crippen molar-refractivity contribution in [1.29, 1.82) is 0 Å². The number of benzene rings is 3. The molecule has 0 saturated carbocycles. The topological polar surface area (TPSA) is 46.2 Å². The Morgan fingerprint density at radius 2 is 1.78 bits per heavy atom. The van der Waals surface area contributed by atoms with E-state index < -0.39 is 7.42 Å². The highest BCUT2D eigenvalue weighted by Gasteiger charge is 2.13. The van der Waals surface area contributed by atoms with Crippen molar-refractivity contribution in [2.45, 2.75) is 0 Å². The molecule has 23 heavy (non-hydrogen) atoms. The van der Waals surface area contributed by atoms with Gasteiger partial charge in [-0.1, -0.05) is 52.3 Å². The molecule has 0 heterocycles. The average molecular weight is 386 g/mol. The van der Waals surface area contributed by atoms with Crippen molar-refractivity contribution in [3.63, 3.8) is 0 Å². The second kappa shape index (κ2) is 6.53. The molecule has 3 rings (SSSR count). The molecular formula is C18H13BrNO2P. The highest BCUT2D eigenvalue weighted by Crippen LogP contribution is 2.22. The van der Waals surface area contributed by atoms with Crippen LogP contribution in [0.25, 0.3) is 10.8 Å². The molecule has 0 fully saturated rings. The molecule has 0 aliphatic carbocycles. The zero-order chi connectivity index (χ0) is 16.4. The van der Waals surface area contributed by atoms with Crippen LogP contribution in [-0.2, 0) is 4.57 Å². The van der Waals surface area contributed by atoms with Gasteiger partial charge in [0.05, 0.1) is 11.0 Å². The number of nitrogens with one attached hydrogen (secondary N) is 1. The first-order valence-electron chi connectivity index (χ1n) is 6.92. The van der Waals surface area contributed by atoms with Gasteiger partial charge in [0, 0.05) is 10.0 Å². The third kappa shape index (κ3) is 3.29. The SMILES string of the molecule is C=P(=O)c1cc(Br)ccc1NC(=O)c1cccc2ccccc12. The van der Waals surface area contributed by atoms with E-state index in [2.05, 4.69) is 27.5 Å². The molecule has 1 N–H and O–H groups in total. The molecule has 0 aromatic heterocycles. The van der Waals surface area contributed by atoms with Crippen LogP contribution >= 0.6 is 23.4 Å². The van der Waals surface area contributed by atoms with Gasteiger partial charge in [0.2, 0.25) is 0 Å². The number of halogens is 1. The van der Waals surface area contributed by atoms with Gasteiger partial charge in [0.1, 0.15) is 7.42 Å². The quantitative estimate of drug-likeness (QED) is 0.661. The minimum atomic E-state index is -1.81. The Morgan fingerprint density at radius 1 is 1.04 bits per heavy atom. The van der Waals surface area contributed by atoms with Gasteiger partial charge in [-0.05, 0) is 41.3 Å². The maximum Gasteiger partial charge on any atom is 0.256 e. The summed E-state index contributed by atoms with van der Waals surface area (Å²) in [6.07, 6.45) is 3.58. The number of carbonyl (C=O) groups excluding carboxylic acids is 1. The Balaban J connectivity index is 2.02. The number of hydrogen-bond acceptors (Lipinski definition) is 2. The summed E-state index contributed by atoms with van der Waals surface area (Å²) < 4.78 is 12.6. The van der Waals surface area contributed by atoms with Crippen LogP contribution in [0, 0.1) is 0 Å². The first-order valence-corrected chi connectivity index (χ1v) is 9.16. The van der Waals surface area contributed by atoms with Crippen molar-refractivity contribution in [3.05, 3.63) is 70.7 Å². The van der Waals surface area contributed by atoms with E-state index in [1.807, 2.05) is 36.4 Å². The van der Waals surface area contributed by atoms with Gasteiger partial charge in [-0.15, -0.1) is 0 Å². The van der Waals surface area contributed by atoms with E-state index in [1.54, 1.807) is 24.3 Å². The highest BCUT2D eigenvalue weighted by atomic mass is 79.9. The first-order chi connectivity index (χ1) is 11.1. The summed E-state index contributed by atoms with van der Waals surface area (Å²) in [5.41, 5.74) is 1.10. The Labute approximate surface area is 142 Å². The van der Waals surface area contributed by atoms with E-state index in [9.17, 15) is 9.36 Å². The van der Waals surface area contributed by atoms with E-state index in [4.69, 9.17) is 0 Å². The molecule has 5 heteroatoms. The fraction of sp³-hybridized carbons (Fsp3) is 0. The van der Waals surface area contributed by atoms with Crippen LogP contribution in [0.2, 0.25) is 0 Å². The molecule has 3 aromatic rings. The Kier molecular flexibility index (Phi) is 4.46. The minimum absolute atomic E-state index is 0.234. The lowest BCUT2D eigenvalue weighted by Gasteiger charge is -2.10. The Morgan fingerprint density at radius 3 is 2.57 bits per heavy atom. The molecule has 114 valence electrons. The van der Waals surface area contributed by atoms with Crippen molar-refractivity contribution in [3.8, 4) is 0 Å². The summed E-state index contributed by atoms with van der Waals surface area (Å²) in [5.74, 6) is -0.234. The second-order valence-corrected chi connectivity index (χ2v) is 7.18. The molecule has 0 saturated heterocycles. The van der Waals surface area contributed by atoms with Gasteiger partial charge < -0.3 is 5.32 Å². The lowest BCUT2D eigenvalue weighted by molar-refractivity contribution is 0.102. The fourth-order valence-electron chi connectivity index (χ4n) is 2.43. The molecule has 0 spiro atoms. The number of hydrogen-bond donors (Lipinski definition) is 1. The van der Waals surface area contributed by atoms with Crippen LogP contribution in [0.3, 0.4) is 0 Å². The number of carbonyl (C=O) groups is 1. The van der Waals surface area contributed by atoms with Crippen molar-refractivity contribution >= 4 is 57.3 Å². The standard InChI is InChI=1S/C18H13BrNO2P/c1-23(22)17-11-13(19)9-10-16(17)20-18(21)15-8-4-6-12-5-2-3-7-14(12)15/h2-11H,1H2,(H,20,21). The lowest BCUT2D eigenvalue weighted by atomic mass is 10.0. The maximum absolute atomic E-state index is 12.6. The zero-order valence-electron chi connectivity index (χ0n) is 12.1. The fourth-order valence-corrected chi connectivity index (χ4v) is 3.65. The number of anilines is 1. The first kappa shape index (κ1) is 15.7. The summed E-state index contributed by atoms with van der Waals surface area (Å²) in [5, 5.41) is 5.24. The molecule has 3 aromatic carbocycles. The summed E-state index contributed by atoms with van der Waals surface area (Å²) in [7, 11) is -1.81. The second-order valence-electron chi connectivity index (χ2n) is 5.02. The summed E-state index contributed by atoms with van der Waals surface area (Å²) in [4.78, 5) is 12.6. The monoisotopic (exact) mass is 385 g/mol. The van der Waals surface area contributed by atoms with Gasteiger partial charge in [-0.25, -0.2) is 0 Å². The number of fused-ring (bicyclic) bond motifs is 1. The molecule has 0 aliphatic heterocycles. The van der Waals surface area contributed by atoms with E-state index >= 15 is 0 Å². The Hall–Kier alpha value is -2.16. The lowest BCUT2D eigenvalue weighted by Crippen LogP contribution is -2.16. The van der Waals surface area contributed by atoms with Gasteiger partial charge >= 0.3 is 0 Å². The molecule has 1 amide bonds. The maximum atomic E-state index is 12.6. The third-order valence-electron chi connectivity index (χ3n) is 3.51. The minimum Gasteiger partial charge on any atom is -0.321 e. The molecule has 1 atom stereocenters. The van der Waals surface area contributed by atoms with Crippen LogP contribution in [0.15, 0.2) is 65.1 Å². The molecule has 3 nitrogen and oxygen atoms in total. The summed E-state index contributed by atoms with van der Waals surface area (Å²) in [6.45, 7) is 0. The average Bonchev–Trinajstić information content (AvgIpc) is 2.55. The molecule has 0 bridgehead atoms. The number of rotatable bonds is 3. The molecular weight excluding hydrogens is 373 g/mol. The summed E-state index contributed by atoms with van der Waals surface area (Å²) >= 11 is 3.34. The van der Waals surface area contributed by atoms with Crippen LogP contribution in [0.4, 0.5) is 5.69 Å². The Bertz CT molecular complexity index is 966. The van der Waals surface area contributed by atoms with Crippen LogP contribution in [-0.4, -0.2) is 12.2 Å². The number of amides is 1. The van der Waals surface area contributed by atoms with E-state index in [-0.39, 0.29) is 5.91 Å². The molecule has 0 aliphatic rings. The largest absolute Gasteiger partial charge is 0.321 e. The van der Waals surface area contributed by atoms with Crippen LogP contribution < -0.4 is 10.6 Å². The van der Waals surface area contributed by atoms with E-state index in [0.29, 0.717) is 16.6 Å². The van der Waals surface area contributed by atoms with E-state index in [0.717, 1.165) is 15.2 Å². The third-order valence-corrected chi connectivity index (χ3v) is 4.91. The normalized spacial score (nSPS) is 11.3. The summed E-state index contributed by atoms with van der Waals surface area (Å²) in [6, 6.07) is 18.5. The smallest absolute Gasteiger partial charge is 0.256 e. The predicted molar refractivity (Wildman–Crippen MR) is 100 cm³/mol. The molecule has 1 unspecified atom stereocenters. The van der Waals surface area contributed by atoms with Gasteiger partial charge in [0.15, 0.2) is 0 Å². The van der Waals surface area contributed by atoms with Gasteiger partial charge in [0.25, 0.3) is 5.91 Å².